The Morgan fingerprint density at radius 2 is 1.78 bits per heavy atom. The topological polar surface area (TPSA) is 102 Å². The first kappa shape index (κ1) is 18.2. The monoisotopic (exact) mass is 392 g/mol. The summed E-state index contributed by atoms with van der Waals surface area (Å²) in [6.07, 6.45) is 3.64. The molecule has 2 saturated carbocycles. The van der Waals surface area contributed by atoms with Gasteiger partial charge in [0.15, 0.2) is 0 Å². The predicted molar refractivity (Wildman–Crippen MR) is 103 cm³/mol. The fraction of sp³-hybridized carbons (Fsp3) is 0.556. The largest absolute Gasteiger partial charge is 0.350 e. The van der Waals surface area contributed by atoms with Crippen LogP contribution in [-0.4, -0.2) is 30.2 Å². The van der Waals surface area contributed by atoms with Gasteiger partial charge in [0, 0.05) is 19.1 Å². The summed E-state index contributed by atoms with van der Waals surface area (Å²) in [7, 11) is -2.24. The maximum Gasteiger partial charge on any atom is 0.350 e. The van der Waals surface area contributed by atoms with Gasteiger partial charge in [0.1, 0.15) is 0 Å². The molecule has 1 aromatic carbocycles. The maximum atomic E-state index is 12.8. The van der Waals surface area contributed by atoms with Crippen molar-refractivity contribution in [2.45, 2.75) is 56.5 Å². The molecule has 0 spiro atoms. The Morgan fingerprint density at radius 3 is 2.33 bits per heavy atom. The molecule has 2 N–H and O–H groups in total. The third kappa shape index (κ3) is 3.19. The SMILES string of the molecule is CNn1c(=O)c2cc(S(=O)(=O)NC3(C)CC3)ccc2n(CC2(C)CC2)c1=O. The van der Waals surface area contributed by atoms with Crippen molar-refractivity contribution in [3.8, 4) is 0 Å². The van der Waals surface area contributed by atoms with Gasteiger partial charge in [-0.15, -0.1) is 0 Å². The molecule has 2 aliphatic carbocycles. The average molecular weight is 392 g/mol. The maximum absolute atomic E-state index is 12.8. The van der Waals surface area contributed by atoms with Crippen LogP contribution in [0.25, 0.3) is 10.9 Å². The van der Waals surface area contributed by atoms with Crippen LogP contribution in [0.5, 0.6) is 0 Å². The fourth-order valence-corrected chi connectivity index (χ4v) is 4.79. The van der Waals surface area contributed by atoms with Gasteiger partial charge in [-0.1, -0.05) is 6.92 Å². The molecule has 2 aromatic rings. The molecule has 0 unspecified atom stereocenters. The van der Waals surface area contributed by atoms with Crippen molar-refractivity contribution in [1.29, 1.82) is 0 Å². The summed E-state index contributed by atoms with van der Waals surface area (Å²) in [5.41, 5.74) is 1.72. The number of nitrogens with zero attached hydrogens (tertiary/aromatic N) is 2. The number of hydrogen-bond donors (Lipinski definition) is 2. The molecule has 0 aliphatic heterocycles. The van der Waals surface area contributed by atoms with E-state index < -0.39 is 26.8 Å². The zero-order valence-corrected chi connectivity index (χ0v) is 16.5. The van der Waals surface area contributed by atoms with Crippen molar-refractivity contribution in [3.63, 3.8) is 0 Å². The van der Waals surface area contributed by atoms with Crippen molar-refractivity contribution in [3.05, 3.63) is 39.0 Å². The Kier molecular flexibility index (Phi) is 3.84. The summed E-state index contributed by atoms with van der Waals surface area (Å²) in [5.74, 6) is 0. The summed E-state index contributed by atoms with van der Waals surface area (Å²) in [6, 6.07) is 4.39. The summed E-state index contributed by atoms with van der Waals surface area (Å²) < 4.78 is 30.5. The average Bonchev–Trinajstić information content (AvgIpc) is 3.51. The number of sulfonamides is 1. The van der Waals surface area contributed by atoms with Crippen LogP contribution in [0.2, 0.25) is 0 Å². The third-order valence-corrected chi connectivity index (χ3v) is 7.31. The van der Waals surface area contributed by atoms with Crippen LogP contribution in [0, 0.1) is 5.41 Å². The summed E-state index contributed by atoms with van der Waals surface area (Å²) >= 11 is 0. The number of aromatic nitrogens is 2. The smallest absolute Gasteiger partial charge is 0.322 e. The van der Waals surface area contributed by atoms with Crippen LogP contribution in [0.1, 0.15) is 39.5 Å². The van der Waals surface area contributed by atoms with Crippen LogP contribution in [0.3, 0.4) is 0 Å². The van der Waals surface area contributed by atoms with Gasteiger partial charge >= 0.3 is 5.69 Å². The molecule has 4 rings (SSSR count). The molecule has 2 aliphatic rings. The molecule has 1 aromatic heterocycles. The summed E-state index contributed by atoms with van der Waals surface area (Å²) in [6.45, 7) is 4.44. The second-order valence-electron chi connectivity index (χ2n) is 8.39. The van der Waals surface area contributed by atoms with Gasteiger partial charge in [0.2, 0.25) is 10.0 Å². The molecule has 27 heavy (non-hydrogen) atoms. The van der Waals surface area contributed by atoms with Crippen molar-refractivity contribution in [2.75, 3.05) is 12.5 Å². The Hall–Kier alpha value is -2.13. The van der Waals surface area contributed by atoms with Crippen molar-refractivity contribution in [2.24, 2.45) is 5.41 Å². The minimum Gasteiger partial charge on any atom is -0.322 e. The standard InChI is InChI=1S/C18H24N4O4S/c1-17(6-7-17)11-21-14-5-4-12(27(25,26)20-18(2)8-9-18)10-13(14)15(23)22(19-3)16(21)24/h4-5,10,19-20H,6-9,11H2,1-3H3. The molecule has 8 nitrogen and oxygen atoms in total. The third-order valence-electron chi connectivity index (χ3n) is 5.67. The van der Waals surface area contributed by atoms with Gasteiger partial charge in [0.25, 0.3) is 5.56 Å². The molecule has 146 valence electrons. The van der Waals surface area contributed by atoms with Crippen molar-refractivity contribution >= 4 is 20.9 Å². The molecule has 1 heterocycles. The van der Waals surface area contributed by atoms with Gasteiger partial charge in [-0.3, -0.25) is 9.36 Å². The molecule has 0 radical (unpaired) electrons. The van der Waals surface area contributed by atoms with E-state index in [-0.39, 0.29) is 15.7 Å². The van der Waals surface area contributed by atoms with Crippen LogP contribution >= 0.6 is 0 Å². The number of nitrogens with one attached hydrogen (secondary N) is 2. The van der Waals surface area contributed by atoms with Gasteiger partial charge in [0.05, 0.1) is 15.8 Å². The van der Waals surface area contributed by atoms with Crippen LogP contribution in [-0.2, 0) is 16.6 Å². The number of benzene rings is 1. The Bertz CT molecular complexity index is 1150. The van der Waals surface area contributed by atoms with E-state index in [1.807, 2.05) is 6.92 Å². The molecule has 0 bridgehead atoms. The van der Waals surface area contributed by atoms with E-state index in [0.717, 1.165) is 30.4 Å². The molecular formula is C18H24N4O4S. The second kappa shape index (κ2) is 5.68. The van der Waals surface area contributed by atoms with Gasteiger partial charge in [-0.2, -0.15) is 4.68 Å². The summed E-state index contributed by atoms with van der Waals surface area (Å²) in [4.78, 5) is 25.5. The van der Waals surface area contributed by atoms with Gasteiger partial charge < -0.3 is 5.43 Å². The van der Waals surface area contributed by atoms with E-state index in [4.69, 9.17) is 0 Å². The zero-order valence-electron chi connectivity index (χ0n) is 15.7. The van der Waals surface area contributed by atoms with Crippen LogP contribution < -0.4 is 21.4 Å². The highest BCUT2D eigenvalue weighted by Gasteiger charge is 2.41. The van der Waals surface area contributed by atoms with Gasteiger partial charge in [-0.05, 0) is 56.2 Å². The van der Waals surface area contributed by atoms with E-state index >= 15 is 0 Å². The Labute approximate surface area is 157 Å². The number of fused-ring (bicyclic) bond motifs is 1. The highest BCUT2D eigenvalue weighted by Crippen LogP contribution is 2.46. The Balaban J connectivity index is 1.90. The normalized spacial score (nSPS) is 19.8. The first-order chi connectivity index (χ1) is 12.6. The van der Waals surface area contributed by atoms with E-state index in [1.54, 1.807) is 10.6 Å². The first-order valence-electron chi connectivity index (χ1n) is 9.09. The molecular weight excluding hydrogens is 368 g/mol. The zero-order chi connectivity index (χ0) is 19.6. The quantitative estimate of drug-likeness (QED) is 0.763. The van der Waals surface area contributed by atoms with Crippen molar-refractivity contribution < 1.29 is 8.42 Å². The van der Waals surface area contributed by atoms with Crippen molar-refractivity contribution in [1.82, 2.24) is 14.0 Å². The van der Waals surface area contributed by atoms with Gasteiger partial charge in [-0.25, -0.2) is 17.9 Å². The molecule has 9 heteroatoms. The lowest BCUT2D eigenvalue weighted by Gasteiger charge is -2.18. The van der Waals surface area contributed by atoms with E-state index in [1.165, 1.54) is 19.2 Å². The molecule has 0 atom stereocenters. The van der Waals surface area contributed by atoms with E-state index in [9.17, 15) is 18.0 Å². The Morgan fingerprint density at radius 1 is 1.11 bits per heavy atom. The van der Waals surface area contributed by atoms with E-state index in [0.29, 0.717) is 12.1 Å². The highest BCUT2D eigenvalue weighted by atomic mass is 32.2. The second-order valence-corrected chi connectivity index (χ2v) is 10.1. The lowest BCUT2D eigenvalue weighted by molar-refractivity contribution is 0.452. The van der Waals surface area contributed by atoms with Crippen LogP contribution in [0.4, 0.5) is 0 Å². The molecule has 0 amide bonds. The minimum atomic E-state index is -3.73. The lowest BCUT2D eigenvalue weighted by Crippen LogP contribution is -2.44. The number of rotatable bonds is 6. The lowest BCUT2D eigenvalue weighted by atomic mass is 10.1. The number of hydrogen-bond acceptors (Lipinski definition) is 5. The first-order valence-corrected chi connectivity index (χ1v) is 10.6. The predicted octanol–water partition coefficient (Wildman–Crippen LogP) is 0.967. The van der Waals surface area contributed by atoms with Crippen LogP contribution in [0.15, 0.2) is 32.7 Å². The van der Waals surface area contributed by atoms with E-state index in [2.05, 4.69) is 17.1 Å². The molecule has 0 saturated heterocycles. The molecule has 2 fully saturated rings. The summed E-state index contributed by atoms with van der Waals surface area (Å²) in [5, 5.41) is 0.206. The fourth-order valence-electron chi connectivity index (χ4n) is 3.30. The minimum absolute atomic E-state index is 0.0331. The highest BCUT2D eigenvalue weighted by molar-refractivity contribution is 7.89.